The van der Waals surface area contributed by atoms with Crippen molar-refractivity contribution >= 4 is 16.5 Å². The van der Waals surface area contributed by atoms with Crippen molar-refractivity contribution in [3.05, 3.63) is 66.0 Å². The van der Waals surface area contributed by atoms with E-state index in [1.807, 2.05) is 66.3 Å². The van der Waals surface area contributed by atoms with Crippen LogP contribution in [0, 0.1) is 6.92 Å². The molecule has 0 spiro atoms. The zero-order chi connectivity index (χ0) is 21.8. The summed E-state index contributed by atoms with van der Waals surface area (Å²) in [4.78, 5) is 5.72. The Morgan fingerprint density at radius 2 is 1.71 bits per heavy atom. The van der Waals surface area contributed by atoms with Crippen molar-refractivity contribution < 1.29 is 14.2 Å². The van der Waals surface area contributed by atoms with Crippen LogP contribution < -0.4 is 19.5 Å². The summed E-state index contributed by atoms with van der Waals surface area (Å²) in [5.41, 5.74) is 3.80. The minimum Gasteiger partial charge on any atom is -0.493 e. The first-order valence-corrected chi connectivity index (χ1v) is 10.6. The first-order valence-electron chi connectivity index (χ1n) is 9.75. The van der Waals surface area contributed by atoms with Crippen molar-refractivity contribution in [2.75, 3.05) is 26.6 Å². The molecule has 2 aromatic carbocycles. The van der Waals surface area contributed by atoms with E-state index in [1.165, 1.54) is 0 Å². The summed E-state index contributed by atoms with van der Waals surface area (Å²) in [5.74, 6) is 1.85. The molecule has 0 aliphatic heterocycles. The Hall–Kier alpha value is -3.52. The van der Waals surface area contributed by atoms with Crippen LogP contribution in [0.25, 0.3) is 16.3 Å². The summed E-state index contributed by atoms with van der Waals surface area (Å²) >= 11 is 1.58. The highest BCUT2D eigenvalue weighted by Crippen LogP contribution is 2.40. The topological polar surface area (TPSA) is 70.4 Å². The van der Waals surface area contributed by atoms with Gasteiger partial charge in [0, 0.05) is 18.3 Å². The fraction of sp³-hybridized carbons (Fsp3) is 0.217. The van der Waals surface area contributed by atoms with E-state index in [2.05, 4.69) is 10.3 Å². The SMILES string of the molecule is COc1ccc(CNc2nc(C)c(-c3ccn(-c4ccccc4)n3)s2)c(OC)c1OC. The van der Waals surface area contributed by atoms with E-state index in [4.69, 9.17) is 19.3 Å². The first kappa shape index (κ1) is 20.7. The van der Waals surface area contributed by atoms with Crippen LogP contribution in [0.1, 0.15) is 11.3 Å². The smallest absolute Gasteiger partial charge is 0.203 e. The van der Waals surface area contributed by atoms with Crippen LogP contribution in [-0.2, 0) is 6.54 Å². The normalized spacial score (nSPS) is 10.7. The Morgan fingerprint density at radius 3 is 2.42 bits per heavy atom. The lowest BCUT2D eigenvalue weighted by Gasteiger charge is -2.15. The molecule has 31 heavy (non-hydrogen) atoms. The number of rotatable bonds is 8. The molecule has 7 nitrogen and oxygen atoms in total. The molecule has 0 aliphatic rings. The molecule has 2 aromatic heterocycles. The molecule has 0 bridgehead atoms. The van der Waals surface area contributed by atoms with Crippen molar-refractivity contribution in [1.29, 1.82) is 0 Å². The van der Waals surface area contributed by atoms with Gasteiger partial charge in [-0.25, -0.2) is 9.67 Å². The van der Waals surface area contributed by atoms with Gasteiger partial charge in [-0.1, -0.05) is 29.5 Å². The lowest BCUT2D eigenvalue weighted by molar-refractivity contribution is 0.322. The van der Waals surface area contributed by atoms with Crippen LogP contribution in [-0.4, -0.2) is 36.1 Å². The third-order valence-electron chi connectivity index (χ3n) is 4.85. The largest absolute Gasteiger partial charge is 0.493 e. The van der Waals surface area contributed by atoms with Crippen LogP contribution in [0.3, 0.4) is 0 Å². The minimum absolute atomic E-state index is 0.536. The Labute approximate surface area is 185 Å². The number of anilines is 1. The molecule has 0 fully saturated rings. The van der Waals surface area contributed by atoms with Gasteiger partial charge in [0.25, 0.3) is 0 Å². The van der Waals surface area contributed by atoms with Crippen LogP contribution in [0.2, 0.25) is 0 Å². The quantitative estimate of drug-likeness (QED) is 0.422. The summed E-state index contributed by atoms with van der Waals surface area (Å²) in [6, 6.07) is 15.9. The summed E-state index contributed by atoms with van der Waals surface area (Å²) in [6.07, 6.45) is 1.96. The second kappa shape index (κ2) is 9.09. The second-order valence-electron chi connectivity index (χ2n) is 6.76. The van der Waals surface area contributed by atoms with E-state index in [9.17, 15) is 0 Å². The highest BCUT2D eigenvalue weighted by molar-refractivity contribution is 7.19. The third-order valence-corrected chi connectivity index (χ3v) is 5.99. The predicted molar refractivity (Wildman–Crippen MR) is 123 cm³/mol. The fourth-order valence-electron chi connectivity index (χ4n) is 3.35. The number of aryl methyl sites for hydroxylation is 1. The van der Waals surface area contributed by atoms with Crippen molar-refractivity contribution in [3.8, 4) is 33.5 Å². The molecule has 8 heteroatoms. The number of aromatic nitrogens is 3. The molecule has 160 valence electrons. The highest BCUT2D eigenvalue weighted by atomic mass is 32.1. The number of benzene rings is 2. The van der Waals surface area contributed by atoms with Gasteiger partial charge in [0.1, 0.15) is 5.69 Å². The Morgan fingerprint density at radius 1 is 0.935 bits per heavy atom. The molecule has 1 N–H and O–H groups in total. The molecule has 4 aromatic rings. The van der Waals surface area contributed by atoms with Crippen molar-refractivity contribution in [1.82, 2.24) is 14.8 Å². The number of para-hydroxylation sites is 1. The van der Waals surface area contributed by atoms with E-state index in [-0.39, 0.29) is 0 Å². The number of hydrogen-bond acceptors (Lipinski definition) is 7. The maximum absolute atomic E-state index is 5.57. The van der Waals surface area contributed by atoms with Gasteiger partial charge < -0.3 is 19.5 Å². The van der Waals surface area contributed by atoms with Gasteiger partial charge in [0.2, 0.25) is 5.75 Å². The Bertz CT molecular complexity index is 1170. The van der Waals surface area contributed by atoms with Gasteiger partial charge in [-0.3, -0.25) is 0 Å². The highest BCUT2D eigenvalue weighted by Gasteiger charge is 2.17. The van der Waals surface area contributed by atoms with Crippen molar-refractivity contribution in [2.24, 2.45) is 0 Å². The number of thiazole rings is 1. The maximum atomic E-state index is 5.57. The summed E-state index contributed by atoms with van der Waals surface area (Å²) in [7, 11) is 4.83. The second-order valence-corrected chi connectivity index (χ2v) is 7.76. The van der Waals surface area contributed by atoms with Gasteiger partial charge in [0.15, 0.2) is 16.6 Å². The molecular weight excluding hydrogens is 412 g/mol. The number of ether oxygens (including phenoxy) is 3. The van der Waals surface area contributed by atoms with Crippen LogP contribution in [0.15, 0.2) is 54.7 Å². The molecule has 0 saturated carbocycles. The van der Waals surface area contributed by atoms with Gasteiger partial charge in [-0.2, -0.15) is 5.10 Å². The Balaban J connectivity index is 1.54. The molecule has 0 unspecified atom stereocenters. The molecule has 4 rings (SSSR count). The molecule has 0 amide bonds. The number of nitrogens with zero attached hydrogens (tertiary/aromatic N) is 3. The van der Waals surface area contributed by atoms with E-state index in [1.54, 1.807) is 32.7 Å². The Kier molecular flexibility index (Phi) is 6.08. The molecule has 0 saturated heterocycles. The van der Waals surface area contributed by atoms with Crippen LogP contribution in [0.5, 0.6) is 17.2 Å². The summed E-state index contributed by atoms with van der Waals surface area (Å²) < 4.78 is 18.3. The van der Waals surface area contributed by atoms with Gasteiger partial charge in [-0.05, 0) is 37.3 Å². The van der Waals surface area contributed by atoms with E-state index in [0.717, 1.165) is 32.6 Å². The predicted octanol–water partition coefficient (Wildman–Crippen LogP) is 4.94. The average molecular weight is 437 g/mol. The fourth-order valence-corrected chi connectivity index (χ4v) is 4.28. The van der Waals surface area contributed by atoms with E-state index >= 15 is 0 Å². The molecule has 0 atom stereocenters. The van der Waals surface area contributed by atoms with Gasteiger partial charge in [-0.15, -0.1) is 0 Å². The van der Waals surface area contributed by atoms with Crippen LogP contribution >= 0.6 is 11.3 Å². The number of hydrogen-bond donors (Lipinski definition) is 1. The summed E-state index contributed by atoms with van der Waals surface area (Å²) in [5, 5.41) is 8.93. The standard InChI is InChI=1S/C23H24N4O3S/c1-15-22(18-12-13-27(26-18)17-8-6-5-7-9-17)31-23(25-15)24-14-16-10-11-19(28-2)21(30-4)20(16)29-3/h5-13H,14H2,1-4H3,(H,24,25). The minimum atomic E-state index is 0.536. The lowest BCUT2D eigenvalue weighted by atomic mass is 10.1. The third kappa shape index (κ3) is 4.20. The average Bonchev–Trinajstić information content (AvgIpc) is 3.44. The van der Waals surface area contributed by atoms with Gasteiger partial charge >= 0.3 is 0 Å². The molecule has 0 radical (unpaired) electrons. The van der Waals surface area contributed by atoms with Gasteiger partial charge in [0.05, 0.1) is 37.6 Å². The lowest BCUT2D eigenvalue weighted by Crippen LogP contribution is -2.04. The molecule has 2 heterocycles. The molecule has 0 aliphatic carbocycles. The first-order chi connectivity index (χ1) is 15.1. The van der Waals surface area contributed by atoms with E-state index in [0.29, 0.717) is 23.8 Å². The number of nitrogens with one attached hydrogen (secondary N) is 1. The van der Waals surface area contributed by atoms with Crippen LogP contribution in [0.4, 0.5) is 5.13 Å². The van der Waals surface area contributed by atoms with Crippen molar-refractivity contribution in [3.63, 3.8) is 0 Å². The zero-order valence-corrected chi connectivity index (χ0v) is 18.7. The number of methoxy groups -OCH3 is 3. The van der Waals surface area contributed by atoms with Crippen molar-refractivity contribution in [2.45, 2.75) is 13.5 Å². The monoisotopic (exact) mass is 436 g/mol. The van der Waals surface area contributed by atoms with E-state index < -0.39 is 0 Å². The zero-order valence-electron chi connectivity index (χ0n) is 17.9. The molecular formula is C23H24N4O3S. The maximum Gasteiger partial charge on any atom is 0.203 e. The summed E-state index contributed by atoms with van der Waals surface area (Å²) in [6.45, 7) is 2.53.